The number of fused-ring (bicyclic) bond motifs is 1. The molecule has 2 fully saturated rings. The number of hydrogen-bond donors (Lipinski definition) is 4. The maximum absolute atomic E-state index is 12.4. The molecule has 8 atom stereocenters. The van der Waals surface area contributed by atoms with E-state index in [1.54, 1.807) is 0 Å². The zero-order valence-corrected chi connectivity index (χ0v) is 14.4. The van der Waals surface area contributed by atoms with Crippen LogP contribution in [-0.2, 0) is 28.7 Å². The van der Waals surface area contributed by atoms with Crippen LogP contribution in [0.4, 0.5) is 0 Å². The van der Waals surface area contributed by atoms with Gasteiger partial charge < -0.3 is 9.47 Å². The third-order valence-corrected chi connectivity index (χ3v) is 6.16. The van der Waals surface area contributed by atoms with Crippen LogP contribution in [0, 0.1) is 47.3 Å². The van der Waals surface area contributed by atoms with E-state index in [2.05, 4.69) is 10.9 Å². The van der Waals surface area contributed by atoms with E-state index in [1.807, 2.05) is 12.2 Å². The van der Waals surface area contributed by atoms with Gasteiger partial charge in [-0.2, -0.15) is 0 Å². The minimum atomic E-state index is -0.779. The Morgan fingerprint density at radius 3 is 1.35 bits per heavy atom. The van der Waals surface area contributed by atoms with Crippen molar-refractivity contribution in [1.82, 2.24) is 10.9 Å². The van der Waals surface area contributed by atoms with E-state index in [9.17, 15) is 19.2 Å². The molecule has 2 bridgehead atoms. The lowest BCUT2D eigenvalue weighted by atomic mass is 9.39. The Hall–Kier alpha value is -2.46. The molecule has 0 aromatic rings. The highest BCUT2D eigenvalue weighted by Crippen LogP contribution is 2.64. The molecule has 10 nitrogen and oxygen atoms in total. The third kappa shape index (κ3) is 2.32. The Kier molecular flexibility index (Phi) is 4.72. The number of ether oxygens (including phenoxy) is 2. The molecule has 0 saturated heterocycles. The van der Waals surface area contributed by atoms with Crippen LogP contribution >= 0.6 is 0 Å². The molecule has 142 valence electrons. The van der Waals surface area contributed by atoms with E-state index in [0.717, 1.165) is 0 Å². The van der Waals surface area contributed by atoms with Gasteiger partial charge in [-0.05, 0) is 23.7 Å². The second-order valence-corrected chi connectivity index (χ2v) is 6.86. The monoisotopic (exact) mass is 366 g/mol. The molecule has 6 N–H and O–H groups in total. The van der Waals surface area contributed by atoms with Gasteiger partial charge in [0.25, 0.3) is 0 Å². The van der Waals surface area contributed by atoms with E-state index in [1.165, 1.54) is 14.2 Å². The Morgan fingerprint density at radius 1 is 0.731 bits per heavy atom. The minimum absolute atomic E-state index is 0.319. The molecule has 0 aromatic heterocycles. The van der Waals surface area contributed by atoms with E-state index < -0.39 is 59.3 Å². The van der Waals surface area contributed by atoms with Crippen molar-refractivity contribution in [2.24, 2.45) is 59.0 Å². The SMILES string of the molecule is COC(=O)[C@@H]1[C@H]2C=C[C@@H]([C@@H]1C(=O)OC)[C@H]1[C@@H](C(=O)NN)[C@@H](C(=O)NN)[C@H]21. The van der Waals surface area contributed by atoms with Gasteiger partial charge in [-0.25, -0.2) is 11.7 Å². The van der Waals surface area contributed by atoms with Crippen LogP contribution in [0.2, 0.25) is 0 Å². The lowest BCUT2D eigenvalue weighted by Crippen LogP contribution is -2.70. The Bertz CT molecular complexity index is 624. The van der Waals surface area contributed by atoms with E-state index in [4.69, 9.17) is 21.2 Å². The lowest BCUT2D eigenvalue weighted by molar-refractivity contribution is -0.196. The first-order valence-electron chi connectivity index (χ1n) is 8.27. The molecular weight excluding hydrogens is 344 g/mol. The fourth-order valence-electron chi connectivity index (χ4n) is 5.26. The first-order valence-corrected chi connectivity index (χ1v) is 8.27. The van der Waals surface area contributed by atoms with Gasteiger partial charge in [-0.15, -0.1) is 0 Å². The first kappa shape index (κ1) is 18.3. The number of carbonyl (C=O) groups excluding carboxylic acids is 4. The predicted octanol–water partition coefficient (Wildman–Crippen LogP) is -2.16. The number of nitrogens with one attached hydrogen (secondary N) is 2. The van der Waals surface area contributed by atoms with Gasteiger partial charge in [0.1, 0.15) is 0 Å². The fraction of sp³-hybridized carbons (Fsp3) is 0.625. The summed E-state index contributed by atoms with van der Waals surface area (Å²) in [6, 6.07) is 0. The number of hydrogen-bond acceptors (Lipinski definition) is 8. The molecule has 0 spiro atoms. The molecule has 4 aliphatic rings. The molecule has 4 rings (SSSR count). The summed E-state index contributed by atoms with van der Waals surface area (Å²) in [6.07, 6.45) is 3.64. The molecule has 0 radical (unpaired) electrons. The van der Waals surface area contributed by atoms with Gasteiger partial charge in [0, 0.05) is 0 Å². The van der Waals surface area contributed by atoms with Crippen LogP contribution in [0.5, 0.6) is 0 Å². The highest BCUT2D eigenvalue weighted by atomic mass is 16.5. The highest BCUT2D eigenvalue weighted by Gasteiger charge is 2.70. The van der Waals surface area contributed by atoms with Crippen LogP contribution < -0.4 is 22.5 Å². The van der Waals surface area contributed by atoms with Crippen LogP contribution in [-0.4, -0.2) is 38.0 Å². The number of methoxy groups -OCH3 is 2. The average Bonchev–Trinajstić information content (AvgIpc) is 2.65. The fourth-order valence-corrected chi connectivity index (χ4v) is 5.26. The zero-order valence-electron chi connectivity index (χ0n) is 14.4. The molecule has 0 aromatic carbocycles. The standard InChI is InChI=1S/C16H22N4O6/c1-25-15(23)9-5-3-4-6(10(9)16(24)26-2)8-7(5)11(13(21)19-17)12(8)14(22)20-18/h3-12H,17-18H2,1-2H3,(H,19,21)(H,20,22)/t5-,6+,7-,8-,9+,10-,11-,12+/m1/s1. The molecular formula is C16H22N4O6. The maximum Gasteiger partial charge on any atom is 0.310 e. The van der Waals surface area contributed by atoms with Crippen molar-refractivity contribution in [1.29, 1.82) is 0 Å². The molecule has 4 aliphatic carbocycles. The summed E-state index contributed by atoms with van der Waals surface area (Å²) in [5.41, 5.74) is 4.16. The quantitative estimate of drug-likeness (QED) is 0.144. The number of carbonyl (C=O) groups is 4. The van der Waals surface area contributed by atoms with E-state index >= 15 is 0 Å². The summed E-state index contributed by atoms with van der Waals surface area (Å²) in [4.78, 5) is 49.4. The summed E-state index contributed by atoms with van der Waals surface area (Å²) >= 11 is 0. The summed E-state index contributed by atoms with van der Waals surface area (Å²) < 4.78 is 9.77. The number of nitrogens with two attached hydrogens (primary N) is 2. The van der Waals surface area contributed by atoms with Crippen molar-refractivity contribution in [3.63, 3.8) is 0 Å². The topological polar surface area (TPSA) is 163 Å². The van der Waals surface area contributed by atoms with Crippen LogP contribution in [0.3, 0.4) is 0 Å². The third-order valence-electron chi connectivity index (χ3n) is 6.16. The van der Waals surface area contributed by atoms with Gasteiger partial charge in [0.15, 0.2) is 0 Å². The Morgan fingerprint density at radius 2 is 1.08 bits per heavy atom. The number of esters is 2. The highest BCUT2D eigenvalue weighted by molar-refractivity contribution is 5.91. The molecule has 26 heavy (non-hydrogen) atoms. The molecule has 2 saturated carbocycles. The Balaban J connectivity index is 2.05. The minimum Gasteiger partial charge on any atom is -0.469 e. The maximum atomic E-state index is 12.4. The van der Waals surface area contributed by atoms with Crippen LogP contribution in [0.25, 0.3) is 0 Å². The number of hydrazine groups is 2. The average molecular weight is 366 g/mol. The van der Waals surface area contributed by atoms with Crippen molar-refractivity contribution < 1.29 is 28.7 Å². The predicted molar refractivity (Wildman–Crippen MR) is 85.8 cm³/mol. The van der Waals surface area contributed by atoms with Gasteiger partial charge >= 0.3 is 11.9 Å². The zero-order chi connectivity index (χ0) is 19.2. The number of amides is 2. The smallest absolute Gasteiger partial charge is 0.310 e. The summed E-state index contributed by atoms with van der Waals surface area (Å²) in [6.45, 7) is 0. The molecule has 0 aliphatic heterocycles. The molecule has 0 unspecified atom stereocenters. The van der Waals surface area contributed by atoms with Crippen LogP contribution in [0.1, 0.15) is 0 Å². The first-order chi connectivity index (χ1) is 12.4. The van der Waals surface area contributed by atoms with Crippen LogP contribution in [0.15, 0.2) is 12.2 Å². The summed E-state index contributed by atoms with van der Waals surface area (Å²) in [7, 11) is 2.49. The van der Waals surface area contributed by atoms with Crippen molar-refractivity contribution >= 4 is 23.8 Å². The van der Waals surface area contributed by atoms with Gasteiger partial charge in [-0.1, -0.05) is 12.2 Å². The number of allylic oxidation sites excluding steroid dienone is 2. The molecule has 2 amide bonds. The number of rotatable bonds is 4. The largest absolute Gasteiger partial charge is 0.469 e. The lowest BCUT2D eigenvalue weighted by Gasteiger charge is -2.63. The Labute approximate surface area is 149 Å². The van der Waals surface area contributed by atoms with Crippen molar-refractivity contribution in [2.45, 2.75) is 0 Å². The second-order valence-electron chi connectivity index (χ2n) is 6.86. The summed E-state index contributed by atoms with van der Waals surface area (Å²) in [5, 5.41) is 0. The van der Waals surface area contributed by atoms with Crippen molar-refractivity contribution in [3.05, 3.63) is 12.2 Å². The van der Waals surface area contributed by atoms with E-state index in [-0.39, 0.29) is 11.8 Å². The second kappa shape index (κ2) is 6.69. The normalized spacial score (nSPS) is 39.2. The molecule has 0 heterocycles. The van der Waals surface area contributed by atoms with Crippen molar-refractivity contribution in [2.75, 3.05) is 14.2 Å². The van der Waals surface area contributed by atoms with Gasteiger partial charge in [0.05, 0.1) is 37.9 Å². The summed E-state index contributed by atoms with van der Waals surface area (Å²) in [5.74, 6) is 3.91. The van der Waals surface area contributed by atoms with E-state index in [0.29, 0.717) is 0 Å². The molecule has 10 heteroatoms. The van der Waals surface area contributed by atoms with Crippen molar-refractivity contribution in [3.8, 4) is 0 Å². The van der Waals surface area contributed by atoms with Gasteiger partial charge in [-0.3, -0.25) is 30.0 Å². The van der Waals surface area contributed by atoms with Gasteiger partial charge in [0.2, 0.25) is 11.8 Å².